The first-order chi connectivity index (χ1) is 6.65. The first-order valence-corrected chi connectivity index (χ1v) is 4.81. The van der Waals surface area contributed by atoms with Gasteiger partial charge < -0.3 is 0 Å². The Labute approximate surface area is 86.2 Å². The van der Waals surface area contributed by atoms with Crippen molar-refractivity contribution >= 4 is 5.71 Å². The Bertz CT molecular complexity index is 361. The molecule has 0 aliphatic carbocycles. The van der Waals surface area contributed by atoms with Gasteiger partial charge in [0.05, 0.1) is 0 Å². The molecule has 0 amide bonds. The van der Waals surface area contributed by atoms with Crippen LogP contribution < -0.4 is 0 Å². The minimum Gasteiger partial charge on any atom is -0.292 e. The maximum atomic E-state index is 4.32. The summed E-state index contributed by atoms with van der Waals surface area (Å²) in [4.78, 5) is 4.32. The van der Waals surface area contributed by atoms with E-state index in [0.717, 1.165) is 17.7 Å². The number of rotatable bonds is 3. The number of hydrogen-bond acceptors (Lipinski definition) is 1. The summed E-state index contributed by atoms with van der Waals surface area (Å²) >= 11 is 0. The zero-order chi connectivity index (χ0) is 10.6. The minimum absolute atomic E-state index is 0.862. The summed E-state index contributed by atoms with van der Waals surface area (Å²) in [6.07, 6.45) is 0.862. The van der Waals surface area contributed by atoms with Crippen molar-refractivity contribution in [2.24, 2.45) is 4.99 Å². The van der Waals surface area contributed by atoms with E-state index in [9.17, 15) is 0 Å². The Kier molecular flexibility index (Phi) is 3.63. The number of allylic oxidation sites excluding steroid dienone is 1. The number of nitrogens with zero attached hydrogens (tertiary/aromatic N) is 1. The lowest BCUT2D eigenvalue weighted by Crippen LogP contribution is -2.03. The van der Waals surface area contributed by atoms with E-state index >= 15 is 0 Å². The first kappa shape index (κ1) is 10.7. The van der Waals surface area contributed by atoms with Gasteiger partial charge in [-0.2, -0.15) is 0 Å². The molecule has 0 unspecified atom stereocenters. The number of aryl methyl sites for hydroxylation is 1. The van der Waals surface area contributed by atoms with E-state index in [0.29, 0.717) is 0 Å². The third-order valence-electron chi connectivity index (χ3n) is 2.20. The first-order valence-electron chi connectivity index (χ1n) is 4.81. The molecule has 0 aliphatic heterocycles. The van der Waals surface area contributed by atoms with Gasteiger partial charge in [-0.15, -0.1) is 0 Å². The van der Waals surface area contributed by atoms with Crippen LogP contribution in [-0.4, -0.2) is 12.8 Å². The van der Waals surface area contributed by atoms with Crippen LogP contribution in [0, 0.1) is 6.92 Å². The molecule has 0 spiro atoms. The molecule has 14 heavy (non-hydrogen) atoms. The van der Waals surface area contributed by atoms with Crippen LogP contribution in [0.4, 0.5) is 0 Å². The molecule has 0 aliphatic rings. The number of aliphatic imine (C=N–C) groups is 1. The molecule has 1 rings (SSSR count). The van der Waals surface area contributed by atoms with Crippen molar-refractivity contribution in [3.8, 4) is 0 Å². The Hall–Kier alpha value is -1.37. The zero-order valence-corrected chi connectivity index (χ0v) is 9.17. The Balaban J connectivity index is 3.02. The molecular weight excluding hydrogens is 170 g/mol. The Morgan fingerprint density at radius 1 is 1.36 bits per heavy atom. The van der Waals surface area contributed by atoms with Gasteiger partial charge in [-0.3, -0.25) is 4.99 Å². The molecule has 1 aromatic rings. The lowest BCUT2D eigenvalue weighted by Gasteiger charge is -2.08. The van der Waals surface area contributed by atoms with Gasteiger partial charge in [0, 0.05) is 19.2 Å². The molecule has 1 aromatic carbocycles. The summed E-state index contributed by atoms with van der Waals surface area (Å²) in [7, 11) is 1.84. The predicted octanol–water partition coefficient (Wildman–Crippen LogP) is 3.38. The molecule has 1 nitrogen and oxygen atoms in total. The van der Waals surface area contributed by atoms with Crippen LogP contribution in [0.1, 0.15) is 24.5 Å². The van der Waals surface area contributed by atoms with Crippen LogP contribution >= 0.6 is 0 Å². The van der Waals surface area contributed by atoms with Crippen molar-refractivity contribution in [1.29, 1.82) is 0 Å². The third kappa shape index (κ3) is 2.56. The monoisotopic (exact) mass is 187 g/mol. The van der Waals surface area contributed by atoms with Gasteiger partial charge in [0.25, 0.3) is 0 Å². The van der Waals surface area contributed by atoms with E-state index in [-0.39, 0.29) is 0 Å². The Morgan fingerprint density at radius 2 is 2.00 bits per heavy atom. The SMILES string of the molecule is C=C(C)C/C(=N/C)c1ccccc1C. The van der Waals surface area contributed by atoms with Crippen LogP contribution in [0.25, 0.3) is 0 Å². The topological polar surface area (TPSA) is 12.4 Å². The number of benzene rings is 1. The lowest BCUT2D eigenvalue weighted by molar-refractivity contribution is 1.23. The van der Waals surface area contributed by atoms with E-state index in [1.54, 1.807) is 0 Å². The van der Waals surface area contributed by atoms with Crippen LogP contribution in [0.3, 0.4) is 0 Å². The van der Waals surface area contributed by atoms with Gasteiger partial charge in [0.15, 0.2) is 0 Å². The maximum absolute atomic E-state index is 4.32. The standard InChI is InChI=1S/C13H17N/c1-10(2)9-13(14-4)12-8-6-5-7-11(12)3/h5-8H,1,9H2,2-4H3/b14-13-. The van der Waals surface area contributed by atoms with E-state index < -0.39 is 0 Å². The minimum atomic E-state index is 0.862. The van der Waals surface area contributed by atoms with Crippen molar-refractivity contribution in [3.63, 3.8) is 0 Å². The van der Waals surface area contributed by atoms with Gasteiger partial charge in [0.1, 0.15) is 0 Å². The second kappa shape index (κ2) is 4.75. The molecule has 0 saturated heterocycles. The maximum Gasteiger partial charge on any atom is 0.0459 e. The van der Waals surface area contributed by atoms with Gasteiger partial charge in [-0.05, 0) is 25.0 Å². The summed E-state index contributed by atoms with van der Waals surface area (Å²) < 4.78 is 0. The third-order valence-corrected chi connectivity index (χ3v) is 2.20. The summed E-state index contributed by atoms with van der Waals surface area (Å²) in [5, 5.41) is 0. The van der Waals surface area contributed by atoms with Crippen LogP contribution in [0.2, 0.25) is 0 Å². The van der Waals surface area contributed by atoms with Crippen molar-refractivity contribution in [2.45, 2.75) is 20.3 Å². The fourth-order valence-electron chi connectivity index (χ4n) is 1.48. The Morgan fingerprint density at radius 3 is 2.50 bits per heavy atom. The van der Waals surface area contributed by atoms with E-state index in [1.165, 1.54) is 11.1 Å². The molecule has 74 valence electrons. The highest BCUT2D eigenvalue weighted by molar-refractivity contribution is 6.02. The van der Waals surface area contributed by atoms with Gasteiger partial charge in [0.2, 0.25) is 0 Å². The van der Waals surface area contributed by atoms with Crippen LogP contribution in [-0.2, 0) is 0 Å². The smallest absolute Gasteiger partial charge is 0.0459 e. The highest BCUT2D eigenvalue weighted by Gasteiger charge is 2.04. The van der Waals surface area contributed by atoms with Gasteiger partial charge >= 0.3 is 0 Å². The second-order valence-corrected chi connectivity index (χ2v) is 3.62. The largest absolute Gasteiger partial charge is 0.292 e. The molecule has 0 fully saturated rings. The molecule has 0 saturated carbocycles. The van der Waals surface area contributed by atoms with Crippen molar-refractivity contribution < 1.29 is 0 Å². The van der Waals surface area contributed by atoms with Crippen molar-refractivity contribution in [1.82, 2.24) is 0 Å². The normalized spacial score (nSPS) is 11.5. The molecular formula is C13H17N. The van der Waals surface area contributed by atoms with Crippen LogP contribution in [0.15, 0.2) is 41.4 Å². The number of hydrogen-bond donors (Lipinski definition) is 0. The van der Waals surface area contributed by atoms with E-state index in [2.05, 4.69) is 30.6 Å². The van der Waals surface area contributed by atoms with Crippen molar-refractivity contribution in [3.05, 3.63) is 47.5 Å². The van der Waals surface area contributed by atoms with Gasteiger partial charge in [-0.25, -0.2) is 0 Å². The summed E-state index contributed by atoms with van der Waals surface area (Å²) in [5.41, 5.74) is 4.77. The fraction of sp³-hybridized carbons (Fsp3) is 0.308. The summed E-state index contributed by atoms with van der Waals surface area (Å²) in [6.45, 7) is 8.06. The highest BCUT2D eigenvalue weighted by Crippen LogP contribution is 2.13. The summed E-state index contributed by atoms with van der Waals surface area (Å²) in [5.74, 6) is 0. The van der Waals surface area contributed by atoms with Crippen LogP contribution in [0.5, 0.6) is 0 Å². The summed E-state index contributed by atoms with van der Waals surface area (Å²) in [6, 6.07) is 8.32. The highest BCUT2D eigenvalue weighted by atomic mass is 14.7. The molecule has 0 radical (unpaired) electrons. The molecule has 0 N–H and O–H groups in total. The molecule has 0 heterocycles. The fourth-order valence-corrected chi connectivity index (χ4v) is 1.48. The van der Waals surface area contributed by atoms with Crippen molar-refractivity contribution in [2.75, 3.05) is 7.05 Å². The molecule has 0 bridgehead atoms. The average molecular weight is 187 g/mol. The molecule has 0 aromatic heterocycles. The zero-order valence-electron chi connectivity index (χ0n) is 9.17. The lowest BCUT2D eigenvalue weighted by atomic mass is 9.99. The molecule has 0 atom stereocenters. The van der Waals surface area contributed by atoms with E-state index in [1.807, 2.05) is 26.1 Å². The second-order valence-electron chi connectivity index (χ2n) is 3.62. The predicted molar refractivity (Wildman–Crippen MR) is 63.1 cm³/mol. The quantitative estimate of drug-likeness (QED) is 0.508. The van der Waals surface area contributed by atoms with E-state index in [4.69, 9.17) is 0 Å². The molecule has 1 heteroatoms. The van der Waals surface area contributed by atoms with Gasteiger partial charge in [-0.1, -0.05) is 36.4 Å². The average Bonchev–Trinajstić information content (AvgIpc) is 2.15.